The van der Waals surface area contributed by atoms with Gasteiger partial charge in [0.05, 0.1) is 17.7 Å². The van der Waals surface area contributed by atoms with Crippen LogP contribution in [0, 0.1) is 10.1 Å². The van der Waals surface area contributed by atoms with Crippen molar-refractivity contribution in [1.29, 1.82) is 0 Å². The van der Waals surface area contributed by atoms with Crippen molar-refractivity contribution in [3.8, 4) is 5.69 Å². The van der Waals surface area contributed by atoms with Crippen LogP contribution in [0.5, 0.6) is 0 Å². The maximum atomic E-state index is 12.8. The molecule has 0 aliphatic rings. The molecule has 0 saturated carbocycles. The fourth-order valence-corrected chi connectivity index (χ4v) is 3.09. The minimum Gasteiger partial charge on any atom is -0.294 e. The topological polar surface area (TPSA) is 95.8 Å². The second-order valence-corrected chi connectivity index (χ2v) is 6.76. The van der Waals surface area contributed by atoms with Gasteiger partial charge in [-0.3, -0.25) is 19.5 Å². The molecule has 2 aromatic carbocycles. The van der Waals surface area contributed by atoms with E-state index in [4.69, 9.17) is 0 Å². The van der Waals surface area contributed by atoms with Gasteiger partial charge in [0.15, 0.2) is 5.65 Å². The van der Waals surface area contributed by atoms with Crippen LogP contribution in [0.25, 0.3) is 16.7 Å². The predicted octanol–water partition coefficient (Wildman–Crippen LogP) is 3.30. The average Bonchev–Trinajstić information content (AvgIpc) is 3.10. The Kier molecular flexibility index (Phi) is 4.28. The largest absolute Gasteiger partial charge is 0.294 e. The lowest BCUT2D eigenvalue weighted by Gasteiger charge is -2.07. The summed E-state index contributed by atoms with van der Waals surface area (Å²) in [6, 6.07) is 13.8. The van der Waals surface area contributed by atoms with Crippen LogP contribution < -0.4 is 5.56 Å². The van der Waals surface area contributed by atoms with Gasteiger partial charge in [-0.25, -0.2) is 9.67 Å². The van der Waals surface area contributed by atoms with E-state index >= 15 is 0 Å². The zero-order valence-electron chi connectivity index (χ0n) is 13.8. The van der Waals surface area contributed by atoms with Crippen LogP contribution >= 0.6 is 15.9 Å². The minimum atomic E-state index is -0.488. The molecule has 0 spiro atoms. The van der Waals surface area contributed by atoms with Gasteiger partial charge >= 0.3 is 0 Å². The van der Waals surface area contributed by atoms with Crippen molar-refractivity contribution in [2.75, 3.05) is 0 Å². The van der Waals surface area contributed by atoms with E-state index in [1.807, 2.05) is 24.3 Å². The summed E-state index contributed by atoms with van der Waals surface area (Å²) in [7, 11) is 0. The number of nitro benzene ring substituents is 1. The lowest BCUT2D eigenvalue weighted by Crippen LogP contribution is -2.21. The summed E-state index contributed by atoms with van der Waals surface area (Å²) in [6.07, 6.45) is 2.82. The van der Waals surface area contributed by atoms with Crippen LogP contribution in [0.15, 0.2) is 70.3 Å². The van der Waals surface area contributed by atoms with Crippen LogP contribution in [0.4, 0.5) is 5.69 Å². The quantitative estimate of drug-likeness (QED) is 0.369. The number of para-hydroxylation sites is 2. The molecule has 0 unspecified atom stereocenters. The third kappa shape index (κ3) is 3.13. The number of benzene rings is 2. The van der Waals surface area contributed by atoms with Gasteiger partial charge in [0, 0.05) is 10.5 Å². The fourth-order valence-electron chi connectivity index (χ4n) is 2.82. The number of fused-ring (bicyclic) bond motifs is 1. The number of hydrogen-bond acceptors (Lipinski definition) is 5. The van der Waals surface area contributed by atoms with Crippen molar-refractivity contribution in [2.45, 2.75) is 6.54 Å². The molecule has 2 aromatic heterocycles. The maximum absolute atomic E-state index is 12.8. The Balaban J connectivity index is 1.80. The first-order chi connectivity index (χ1) is 13.0. The van der Waals surface area contributed by atoms with Gasteiger partial charge in [0.1, 0.15) is 17.4 Å². The van der Waals surface area contributed by atoms with Crippen molar-refractivity contribution in [3.63, 3.8) is 0 Å². The Morgan fingerprint density at radius 2 is 1.85 bits per heavy atom. The highest BCUT2D eigenvalue weighted by atomic mass is 79.9. The van der Waals surface area contributed by atoms with Gasteiger partial charge in [0.25, 0.3) is 11.2 Å². The summed E-state index contributed by atoms with van der Waals surface area (Å²) in [4.78, 5) is 27.9. The molecule has 0 aliphatic carbocycles. The molecule has 0 atom stereocenters. The van der Waals surface area contributed by atoms with Crippen LogP contribution in [-0.4, -0.2) is 24.3 Å². The molecule has 0 fully saturated rings. The first kappa shape index (κ1) is 17.1. The van der Waals surface area contributed by atoms with Crippen LogP contribution in [0.1, 0.15) is 5.56 Å². The van der Waals surface area contributed by atoms with E-state index in [0.29, 0.717) is 11.9 Å². The van der Waals surface area contributed by atoms with Gasteiger partial charge in [0.2, 0.25) is 0 Å². The third-order valence-corrected chi connectivity index (χ3v) is 4.66. The highest BCUT2D eigenvalue weighted by Crippen LogP contribution is 2.24. The normalized spacial score (nSPS) is 11.0. The van der Waals surface area contributed by atoms with Gasteiger partial charge in [-0.05, 0) is 23.8 Å². The van der Waals surface area contributed by atoms with E-state index in [0.717, 1.165) is 10.0 Å². The van der Waals surface area contributed by atoms with E-state index in [1.165, 1.54) is 27.8 Å². The van der Waals surface area contributed by atoms with Gasteiger partial charge in [-0.15, -0.1) is 0 Å². The van der Waals surface area contributed by atoms with E-state index in [1.54, 1.807) is 18.2 Å². The SMILES string of the molecule is O=c1c2cnn(-c3ccccc3[N+](=O)[O-])c2ncn1Cc1ccc(Br)cc1. The third-order valence-electron chi connectivity index (χ3n) is 4.13. The summed E-state index contributed by atoms with van der Waals surface area (Å²) in [5.41, 5.74) is 1.13. The number of nitro groups is 1. The first-order valence-electron chi connectivity index (χ1n) is 7.96. The van der Waals surface area contributed by atoms with Gasteiger partial charge in [-0.1, -0.05) is 40.2 Å². The molecule has 0 bridgehead atoms. The molecule has 4 rings (SSSR count). The summed E-state index contributed by atoms with van der Waals surface area (Å²) in [6.45, 7) is 0.367. The standard InChI is InChI=1S/C18H12BrN5O3/c19-13-7-5-12(6-8-13)10-22-11-20-17-14(18(22)25)9-21-23(17)15-3-1-2-4-16(15)24(26)27/h1-9,11H,10H2. The Morgan fingerprint density at radius 3 is 2.59 bits per heavy atom. The lowest BCUT2D eigenvalue weighted by molar-refractivity contribution is -0.384. The smallest absolute Gasteiger partial charge is 0.294 e. The number of aromatic nitrogens is 4. The Bertz CT molecular complexity index is 1210. The first-order valence-corrected chi connectivity index (χ1v) is 8.75. The van der Waals surface area contributed by atoms with Crippen molar-refractivity contribution < 1.29 is 4.92 Å². The molecule has 8 nitrogen and oxygen atoms in total. The molecule has 9 heteroatoms. The molecule has 0 N–H and O–H groups in total. The summed E-state index contributed by atoms with van der Waals surface area (Å²) in [5, 5.41) is 15.7. The molecule has 4 aromatic rings. The molecular weight excluding hydrogens is 414 g/mol. The van der Waals surface area contributed by atoms with Crippen LogP contribution in [0.3, 0.4) is 0 Å². The van der Waals surface area contributed by atoms with Crippen molar-refractivity contribution in [3.05, 3.63) is 91.6 Å². The molecule has 134 valence electrons. The highest BCUT2D eigenvalue weighted by molar-refractivity contribution is 9.10. The molecule has 0 saturated heterocycles. The van der Waals surface area contributed by atoms with Gasteiger partial charge < -0.3 is 0 Å². The highest BCUT2D eigenvalue weighted by Gasteiger charge is 2.19. The predicted molar refractivity (Wildman–Crippen MR) is 103 cm³/mol. The number of hydrogen-bond donors (Lipinski definition) is 0. The van der Waals surface area contributed by atoms with E-state index in [2.05, 4.69) is 26.0 Å². The van der Waals surface area contributed by atoms with Crippen molar-refractivity contribution >= 4 is 32.7 Å². The van der Waals surface area contributed by atoms with Crippen molar-refractivity contribution in [2.24, 2.45) is 0 Å². The Labute approximate surface area is 161 Å². The molecule has 0 amide bonds. The average molecular weight is 426 g/mol. The summed E-state index contributed by atoms with van der Waals surface area (Å²) >= 11 is 3.38. The van der Waals surface area contributed by atoms with Crippen molar-refractivity contribution in [1.82, 2.24) is 19.3 Å². The zero-order chi connectivity index (χ0) is 19.0. The number of nitrogens with zero attached hydrogens (tertiary/aromatic N) is 5. The minimum absolute atomic E-state index is 0.108. The van der Waals surface area contributed by atoms with E-state index in [9.17, 15) is 14.9 Å². The molecule has 0 aliphatic heterocycles. The van der Waals surface area contributed by atoms with E-state index < -0.39 is 4.92 Å². The second-order valence-electron chi connectivity index (χ2n) is 5.84. The number of halogens is 1. The van der Waals surface area contributed by atoms with Crippen LogP contribution in [0.2, 0.25) is 0 Å². The maximum Gasteiger partial charge on any atom is 0.294 e. The summed E-state index contributed by atoms with van der Waals surface area (Å²) < 4.78 is 3.76. The Morgan fingerprint density at radius 1 is 1.11 bits per heavy atom. The molecular formula is C18H12BrN5O3. The number of rotatable bonds is 4. The fraction of sp³-hybridized carbons (Fsp3) is 0.0556. The zero-order valence-corrected chi connectivity index (χ0v) is 15.4. The van der Waals surface area contributed by atoms with Crippen LogP contribution in [-0.2, 0) is 6.54 Å². The monoisotopic (exact) mass is 425 g/mol. The Hall–Kier alpha value is -3.33. The van der Waals surface area contributed by atoms with E-state index in [-0.39, 0.29) is 22.6 Å². The van der Waals surface area contributed by atoms with Gasteiger partial charge in [-0.2, -0.15) is 5.10 Å². The lowest BCUT2D eigenvalue weighted by atomic mass is 10.2. The molecule has 0 radical (unpaired) electrons. The molecule has 27 heavy (non-hydrogen) atoms. The second kappa shape index (κ2) is 6.76. The summed E-state index contributed by atoms with van der Waals surface area (Å²) in [5.74, 6) is 0. The molecule has 2 heterocycles.